The van der Waals surface area contributed by atoms with Crippen molar-refractivity contribution >= 4 is 11.0 Å². The highest BCUT2D eigenvalue weighted by Crippen LogP contribution is 2.37. The number of hydrogen-bond acceptors (Lipinski definition) is 7. The maximum absolute atomic E-state index is 14.6. The van der Waals surface area contributed by atoms with E-state index >= 15 is 0 Å². The molecule has 3 aliphatic heterocycles. The molecular formula is C24H25FN4O4. The van der Waals surface area contributed by atoms with Crippen LogP contribution in [0.15, 0.2) is 35.4 Å². The number of aryl methyl sites for hydroxylation is 1. The van der Waals surface area contributed by atoms with Gasteiger partial charge < -0.3 is 24.1 Å². The molecule has 1 N–H and O–H groups in total. The van der Waals surface area contributed by atoms with Crippen molar-refractivity contribution < 1.29 is 18.6 Å². The first-order chi connectivity index (χ1) is 16.2. The van der Waals surface area contributed by atoms with Crippen LogP contribution in [0.25, 0.3) is 11.0 Å². The fourth-order valence-corrected chi connectivity index (χ4v) is 5.02. The first-order valence-electron chi connectivity index (χ1n) is 11.4. The van der Waals surface area contributed by atoms with Gasteiger partial charge in [0.2, 0.25) is 0 Å². The molecule has 3 aromatic heterocycles. The normalized spacial score (nSPS) is 24.0. The summed E-state index contributed by atoms with van der Waals surface area (Å²) in [6, 6.07) is 5.27. The zero-order chi connectivity index (χ0) is 22.4. The molecule has 1 saturated heterocycles. The topological polar surface area (TPSA) is 87.5 Å². The summed E-state index contributed by atoms with van der Waals surface area (Å²) in [5.74, 6) is 0.307. The van der Waals surface area contributed by atoms with Crippen molar-refractivity contribution in [3.8, 4) is 5.75 Å². The summed E-state index contributed by atoms with van der Waals surface area (Å²) in [4.78, 5) is 20.9. The number of nitrogens with one attached hydrogen (secondary N) is 1. The molecule has 1 atom stereocenters. The van der Waals surface area contributed by atoms with E-state index in [1.54, 1.807) is 16.8 Å². The molecule has 1 unspecified atom stereocenters. The fraction of sp³-hybridized carbons (Fsp3) is 0.458. The minimum absolute atomic E-state index is 0.0445. The molecule has 9 heteroatoms. The summed E-state index contributed by atoms with van der Waals surface area (Å²) in [6.07, 6.45) is 5.12. The quantitative estimate of drug-likeness (QED) is 0.636. The average molecular weight is 452 g/mol. The average Bonchev–Trinajstić information content (AvgIpc) is 3.23. The van der Waals surface area contributed by atoms with Gasteiger partial charge in [-0.15, -0.1) is 0 Å². The molecule has 0 spiro atoms. The Kier molecular flexibility index (Phi) is 5.32. The lowest BCUT2D eigenvalue weighted by Gasteiger charge is -2.31. The minimum atomic E-state index is -0.445. The van der Waals surface area contributed by atoms with Gasteiger partial charge >= 0.3 is 0 Å². The second-order valence-corrected chi connectivity index (χ2v) is 8.88. The van der Waals surface area contributed by atoms with E-state index in [4.69, 9.17) is 14.2 Å². The molecule has 0 amide bonds. The first kappa shape index (κ1) is 20.7. The second-order valence-electron chi connectivity index (χ2n) is 8.88. The Morgan fingerprint density at radius 2 is 2.06 bits per heavy atom. The summed E-state index contributed by atoms with van der Waals surface area (Å²) in [5, 5.41) is 3.44. The minimum Gasteiger partial charge on any atom is -0.492 e. The summed E-state index contributed by atoms with van der Waals surface area (Å²) < 4.78 is 33.8. The predicted molar refractivity (Wildman–Crippen MR) is 118 cm³/mol. The van der Waals surface area contributed by atoms with E-state index in [0.717, 1.165) is 30.9 Å². The van der Waals surface area contributed by atoms with Gasteiger partial charge in [0.15, 0.2) is 6.29 Å². The Bertz CT molecular complexity index is 1260. The largest absolute Gasteiger partial charge is 0.492 e. The number of halogens is 1. The van der Waals surface area contributed by atoms with Crippen LogP contribution >= 0.6 is 0 Å². The van der Waals surface area contributed by atoms with Crippen LogP contribution < -0.4 is 15.6 Å². The van der Waals surface area contributed by atoms with E-state index in [1.165, 1.54) is 17.8 Å². The number of fused-ring (bicyclic) bond motifs is 1. The molecule has 8 nitrogen and oxygen atoms in total. The van der Waals surface area contributed by atoms with Crippen molar-refractivity contribution in [1.29, 1.82) is 0 Å². The van der Waals surface area contributed by atoms with Gasteiger partial charge in [0, 0.05) is 37.1 Å². The third-order valence-corrected chi connectivity index (χ3v) is 6.67. The maximum atomic E-state index is 14.6. The van der Waals surface area contributed by atoms with Gasteiger partial charge in [0.1, 0.15) is 11.6 Å². The zero-order valence-corrected chi connectivity index (χ0v) is 18.1. The van der Waals surface area contributed by atoms with E-state index < -0.39 is 6.29 Å². The van der Waals surface area contributed by atoms with E-state index in [1.807, 2.05) is 0 Å². The molecule has 0 aromatic carbocycles. The molecule has 0 aliphatic carbocycles. The van der Waals surface area contributed by atoms with Crippen molar-refractivity contribution in [3.63, 3.8) is 0 Å². The summed E-state index contributed by atoms with van der Waals surface area (Å²) >= 11 is 0. The molecule has 0 radical (unpaired) electrons. The van der Waals surface area contributed by atoms with Gasteiger partial charge in [-0.2, -0.15) is 0 Å². The van der Waals surface area contributed by atoms with Crippen molar-refractivity contribution in [2.75, 3.05) is 19.8 Å². The number of aromatic nitrogens is 3. The van der Waals surface area contributed by atoms with Crippen LogP contribution in [0.3, 0.4) is 0 Å². The third-order valence-electron chi connectivity index (χ3n) is 6.67. The van der Waals surface area contributed by atoms with Crippen LogP contribution in [0, 0.1) is 5.82 Å². The molecule has 33 heavy (non-hydrogen) atoms. The molecule has 1 fully saturated rings. The summed E-state index contributed by atoms with van der Waals surface area (Å²) in [5.41, 5.74) is 3.78. The monoisotopic (exact) mass is 452 g/mol. The Morgan fingerprint density at radius 3 is 2.94 bits per heavy atom. The van der Waals surface area contributed by atoms with Crippen LogP contribution in [0.5, 0.6) is 5.75 Å². The third kappa shape index (κ3) is 3.90. The number of nitrogens with zero attached hydrogens (tertiary/aromatic N) is 3. The molecule has 172 valence electrons. The molecule has 0 saturated carbocycles. The molecule has 6 heterocycles. The molecule has 3 aliphatic rings. The molecule has 6 rings (SSSR count). The standard InChI is InChI=1S/C24H25FN4O4/c25-18-9-28-19-3-4-21(30)29-11-15(23(18)24(19)29)7-22-32-12-17(13-33-22)26-8-16-6-14-2-1-5-31-20(14)10-27-16/h3-4,6,9-10,15,17,22,26H,1-2,5,7-8,11-13H2. The Labute approximate surface area is 189 Å². The van der Waals surface area contributed by atoms with Gasteiger partial charge in [-0.25, -0.2) is 4.39 Å². The second kappa shape index (κ2) is 8.48. The van der Waals surface area contributed by atoms with Crippen molar-refractivity contribution in [2.45, 2.75) is 50.6 Å². The van der Waals surface area contributed by atoms with E-state index in [9.17, 15) is 9.18 Å². The van der Waals surface area contributed by atoms with Crippen LogP contribution in [-0.2, 0) is 29.0 Å². The van der Waals surface area contributed by atoms with E-state index in [0.29, 0.717) is 49.3 Å². The number of pyridine rings is 3. The lowest BCUT2D eigenvalue weighted by molar-refractivity contribution is -0.194. The van der Waals surface area contributed by atoms with Gasteiger partial charge in [0.05, 0.1) is 55.0 Å². The van der Waals surface area contributed by atoms with E-state index in [2.05, 4.69) is 21.4 Å². The predicted octanol–water partition coefficient (Wildman–Crippen LogP) is 2.27. The number of hydrogen-bond donors (Lipinski definition) is 1. The number of ether oxygens (including phenoxy) is 3. The van der Waals surface area contributed by atoms with Gasteiger partial charge in [0.25, 0.3) is 5.56 Å². The maximum Gasteiger partial charge on any atom is 0.251 e. The zero-order valence-electron chi connectivity index (χ0n) is 18.1. The Balaban J connectivity index is 1.06. The van der Waals surface area contributed by atoms with Crippen LogP contribution in [0.2, 0.25) is 0 Å². The van der Waals surface area contributed by atoms with Gasteiger partial charge in [-0.05, 0) is 30.5 Å². The molecule has 3 aromatic rings. The lowest BCUT2D eigenvalue weighted by Crippen LogP contribution is -2.44. The molecular weight excluding hydrogens is 427 g/mol. The molecule has 0 bridgehead atoms. The first-order valence-corrected chi connectivity index (χ1v) is 11.4. The Morgan fingerprint density at radius 1 is 1.18 bits per heavy atom. The van der Waals surface area contributed by atoms with Crippen molar-refractivity contribution in [1.82, 2.24) is 19.9 Å². The van der Waals surface area contributed by atoms with Crippen LogP contribution in [-0.4, -0.2) is 46.7 Å². The number of rotatable bonds is 5. The van der Waals surface area contributed by atoms with Crippen molar-refractivity contribution in [2.24, 2.45) is 0 Å². The highest BCUT2D eigenvalue weighted by atomic mass is 19.1. The van der Waals surface area contributed by atoms with Gasteiger partial charge in [-0.3, -0.25) is 14.8 Å². The van der Waals surface area contributed by atoms with Crippen LogP contribution in [0.4, 0.5) is 4.39 Å². The summed E-state index contributed by atoms with van der Waals surface area (Å²) in [7, 11) is 0. The van der Waals surface area contributed by atoms with Gasteiger partial charge in [-0.1, -0.05) is 0 Å². The summed E-state index contributed by atoms with van der Waals surface area (Å²) in [6.45, 7) is 2.77. The Hall–Kier alpha value is -2.88. The smallest absolute Gasteiger partial charge is 0.251 e. The highest BCUT2D eigenvalue weighted by Gasteiger charge is 2.33. The fourth-order valence-electron chi connectivity index (χ4n) is 5.02. The highest BCUT2D eigenvalue weighted by molar-refractivity contribution is 5.80. The van der Waals surface area contributed by atoms with Crippen LogP contribution in [0.1, 0.15) is 35.6 Å². The lowest BCUT2D eigenvalue weighted by atomic mass is 9.97. The van der Waals surface area contributed by atoms with Crippen molar-refractivity contribution in [3.05, 3.63) is 63.6 Å². The van der Waals surface area contributed by atoms with E-state index in [-0.39, 0.29) is 23.3 Å². The SMILES string of the molecule is O=c1ccc2ncc(F)c3c2n1CC3CC1OCC(NCc2cc3c(cn2)OCCC3)CO1.